The monoisotopic (exact) mass is 287 g/mol. The van der Waals surface area contributed by atoms with Crippen LogP contribution in [0.4, 0.5) is 5.69 Å². The van der Waals surface area contributed by atoms with E-state index >= 15 is 0 Å². The third kappa shape index (κ3) is 3.56. The van der Waals surface area contributed by atoms with Gasteiger partial charge in [0.1, 0.15) is 0 Å². The highest BCUT2D eigenvalue weighted by Gasteiger charge is 2.30. The normalized spacial score (nSPS) is 23.4. The molecule has 114 valence electrons. The minimum Gasteiger partial charge on any atom is -0.399 e. The molecule has 0 radical (unpaired) electrons. The predicted molar refractivity (Wildman–Crippen MR) is 85.0 cm³/mol. The van der Waals surface area contributed by atoms with E-state index in [9.17, 15) is 4.79 Å². The summed E-state index contributed by atoms with van der Waals surface area (Å²) in [5, 5.41) is 0. The molecule has 21 heavy (non-hydrogen) atoms. The number of benzene rings is 1. The van der Waals surface area contributed by atoms with Crippen molar-refractivity contribution in [3.05, 3.63) is 29.8 Å². The Bertz CT molecular complexity index is 497. The van der Waals surface area contributed by atoms with Gasteiger partial charge in [-0.15, -0.1) is 0 Å². The van der Waals surface area contributed by atoms with E-state index in [-0.39, 0.29) is 5.91 Å². The average molecular weight is 287 g/mol. The summed E-state index contributed by atoms with van der Waals surface area (Å²) in [6.45, 7) is 4.23. The van der Waals surface area contributed by atoms with Crippen molar-refractivity contribution in [2.24, 2.45) is 0 Å². The Balaban J connectivity index is 1.54. The molecule has 4 nitrogen and oxygen atoms in total. The summed E-state index contributed by atoms with van der Waals surface area (Å²) in [6, 6.07) is 8.23. The first-order valence-electron chi connectivity index (χ1n) is 8.08. The minimum atomic E-state index is 0.236. The van der Waals surface area contributed by atoms with Crippen molar-refractivity contribution in [3.8, 4) is 0 Å². The van der Waals surface area contributed by atoms with Crippen LogP contribution in [0.2, 0.25) is 0 Å². The Morgan fingerprint density at radius 2 is 2.00 bits per heavy atom. The first-order chi connectivity index (χ1) is 10.2. The summed E-state index contributed by atoms with van der Waals surface area (Å²) in [4.78, 5) is 17.0. The molecule has 1 atom stereocenters. The molecule has 1 aromatic carbocycles. The van der Waals surface area contributed by atoms with Gasteiger partial charge in [0, 0.05) is 24.8 Å². The molecule has 2 fully saturated rings. The van der Waals surface area contributed by atoms with E-state index in [2.05, 4.69) is 4.90 Å². The van der Waals surface area contributed by atoms with Crippen molar-refractivity contribution < 1.29 is 4.79 Å². The second kappa shape index (κ2) is 6.48. The number of likely N-dealkylation sites (tertiary alicyclic amines) is 2. The number of rotatable bonds is 3. The molecule has 2 heterocycles. The Morgan fingerprint density at radius 1 is 1.19 bits per heavy atom. The molecule has 3 rings (SSSR count). The minimum absolute atomic E-state index is 0.236. The number of hydrogen-bond donors (Lipinski definition) is 1. The molecule has 2 N–H and O–H groups in total. The molecule has 1 amide bonds. The quantitative estimate of drug-likeness (QED) is 0.864. The highest BCUT2D eigenvalue weighted by atomic mass is 16.2. The highest BCUT2D eigenvalue weighted by Crippen LogP contribution is 2.21. The van der Waals surface area contributed by atoms with Crippen LogP contribution in [0.15, 0.2) is 24.3 Å². The number of nitrogens with two attached hydrogens (primary N) is 1. The fraction of sp³-hybridized carbons (Fsp3) is 0.588. The molecule has 0 aliphatic carbocycles. The largest absolute Gasteiger partial charge is 0.399 e. The van der Waals surface area contributed by atoms with Crippen LogP contribution in [0.25, 0.3) is 0 Å². The van der Waals surface area contributed by atoms with Gasteiger partial charge in [-0.05, 0) is 50.0 Å². The lowest BCUT2D eigenvalue weighted by molar-refractivity contribution is -0.129. The SMILES string of the molecule is Nc1cccc(CC(=O)N2CCC(N3CCCCC3)C2)c1. The number of hydrogen-bond acceptors (Lipinski definition) is 3. The van der Waals surface area contributed by atoms with Gasteiger partial charge in [0.25, 0.3) is 0 Å². The third-order valence-electron chi connectivity index (χ3n) is 4.73. The smallest absolute Gasteiger partial charge is 0.227 e. The van der Waals surface area contributed by atoms with Crippen molar-refractivity contribution in [2.75, 3.05) is 31.9 Å². The summed E-state index contributed by atoms with van der Waals surface area (Å²) in [7, 11) is 0. The number of carbonyl (C=O) groups is 1. The van der Waals surface area contributed by atoms with E-state index in [0.717, 1.165) is 30.8 Å². The molecule has 0 spiro atoms. The zero-order chi connectivity index (χ0) is 14.7. The lowest BCUT2D eigenvalue weighted by Crippen LogP contribution is -2.41. The van der Waals surface area contributed by atoms with Crippen LogP contribution < -0.4 is 5.73 Å². The van der Waals surface area contributed by atoms with Gasteiger partial charge in [-0.25, -0.2) is 0 Å². The molecule has 0 saturated carbocycles. The summed E-state index contributed by atoms with van der Waals surface area (Å²) in [5.74, 6) is 0.236. The zero-order valence-corrected chi connectivity index (χ0v) is 12.6. The Kier molecular flexibility index (Phi) is 4.44. The van der Waals surface area contributed by atoms with Crippen LogP contribution in [0.5, 0.6) is 0 Å². The summed E-state index contributed by atoms with van der Waals surface area (Å²) < 4.78 is 0. The van der Waals surface area contributed by atoms with Gasteiger partial charge in [-0.2, -0.15) is 0 Å². The van der Waals surface area contributed by atoms with Gasteiger partial charge in [0.05, 0.1) is 6.42 Å². The fourth-order valence-electron chi connectivity index (χ4n) is 3.54. The number of anilines is 1. The Morgan fingerprint density at radius 3 is 2.76 bits per heavy atom. The van der Waals surface area contributed by atoms with Crippen molar-refractivity contribution in [2.45, 2.75) is 38.1 Å². The van der Waals surface area contributed by atoms with Gasteiger partial charge in [0.15, 0.2) is 0 Å². The zero-order valence-electron chi connectivity index (χ0n) is 12.6. The van der Waals surface area contributed by atoms with Crippen LogP contribution in [-0.4, -0.2) is 47.9 Å². The van der Waals surface area contributed by atoms with Gasteiger partial charge >= 0.3 is 0 Å². The molecule has 0 bridgehead atoms. The maximum atomic E-state index is 12.4. The van der Waals surface area contributed by atoms with Crippen LogP contribution in [0, 0.1) is 0 Å². The first kappa shape index (κ1) is 14.4. The van der Waals surface area contributed by atoms with E-state index in [1.807, 2.05) is 29.2 Å². The number of nitrogen functional groups attached to an aromatic ring is 1. The second-order valence-electron chi connectivity index (χ2n) is 6.30. The van der Waals surface area contributed by atoms with Gasteiger partial charge in [0.2, 0.25) is 5.91 Å². The fourth-order valence-corrected chi connectivity index (χ4v) is 3.54. The number of piperidine rings is 1. The molecule has 2 saturated heterocycles. The van der Waals surface area contributed by atoms with E-state index in [1.54, 1.807) is 0 Å². The molecule has 0 aromatic heterocycles. The van der Waals surface area contributed by atoms with E-state index in [1.165, 1.54) is 32.4 Å². The van der Waals surface area contributed by atoms with Gasteiger partial charge < -0.3 is 10.6 Å². The van der Waals surface area contributed by atoms with Crippen LogP contribution >= 0.6 is 0 Å². The molecule has 2 aliphatic rings. The van der Waals surface area contributed by atoms with Crippen molar-refractivity contribution in [1.82, 2.24) is 9.80 Å². The molecular weight excluding hydrogens is 262 g/mol. The number of amides is 1. The van der Waals surface area contributed by atoms with Crippen molar-refractivity contribution >= 4 is 11.6 Å². The van der Waals surface area contributed by atoms with Crippen molar-refractivity contribution in [3.63, 3.8) is 0 Å². The topological polar surface area (TPSA) is 49.6 Å². The lowest BCUT2D eigenvalue weighted by atomic mass is 10.1. The predicted octanol–water partition coefficient (Wildman–Crippen LogP) is 1.90. The van der Waals surface area contributed by atoms with Crippen LogP contribution in [0.3, 0.4) is 0 Å². The summed E-state index contributed by atoms with van der Waals surface area (Å²) >= 11 is 0. The average Bonchev–Trinajstić information content (AvgIpc) is 2.98. The molecule has 1 aromatic rings. The standard InChI is InChI=1S/C17H25N3O/c18-15-6-4-5-14(11-15)12-17(21)20-10-7-16(13-20)19-8-2-1-3-9-19/h4-6,11,16H,1-3,7-10,12-13,18H2. The van der Waals surface area contributed by atoms with E-state index < -0.39 is 0 Å². The van der Waals surface area contributed by atoms with Crippen LogP contribution in [0.1, 0.15) is 31.2 Å². The molecule has 2 aliphatic heterocycles. The molecular formula is C17H25N3O. The maximum Gasteiger partial charge on any atom is 0.227 e. The second-order valence-corrected chi connectivity index (χ2v) is 6.30. The lowest BCUT2D eigenvalue weighted by Gasteiger charge is -2.32. The highest BCUT2D eigenvalue weighted by molar-refractivity contribution is 5.79. The van der Waals surface area contributed by atoms with Crippen molar-refractivity contribution in [1.29, 1.82) is 0 Å². The van der Waals surface area contributed by atoms with Gasteiger partial charge in [-0.3, -0.25) is 9.69 Å². The maximum absolute atomic E-state index is 12.4. The molecule has 1 unspecified atom stereocenters. The van der Waals surface area contributed by atoms with Crippen LogP contribution in [-0.2, 0) is 11.2 Å². The van der Waals surface area contributed by atoms with Gasteiger partial charge in [-0.1, -0.05) is 18.6 Å². The number of carbonyl (C=O) groups excluding carboxylic acids is 1. The first-order valence-corrected chi connectivity index (χ1v) is 8.08. The summed E-state index contributed by atoms with van der Waals surface area (Å²) in [5.41, 5.74) is 7.52. The molecule has 4 heteroatoms. The van der Waals surface area contributed by atoms with E-state index in [4.69, 9.17) is 5.73 Å². The van der Waals surface area contributed by atoms with E-state index in [0.29, 0.717) is 12.5 Å². The Hall–Kier alpha value is -1.55. The third-order valence-corrected chi connectivity index (χ3v) is 4.73. The summed E-state index contributed by atoms with van der Waals surface area (Å²) in [6.07, 6.45) is 5.59. The Labute approximate surface area is 126 Å². The number of nitrogens with zero attached hydrogens (tertiary/aromatic N) is 2.